The molecule has 1 atom stereocenters. The van der Waals surface area contributed by atoms with Crippen LogP contribution in [0.3, 0.4) is 0 Å². The van der Waals surface area contributed by atoms with Crippen molar-refractivity contribution in [3.8, 4) is 11.6 Å². The average Bonchev–Trinajstić information content (AvgIpc) is 2.59. The maximum Gasteiger partial charge on any atom is 0.217 e. The lowest BCUT2D eigenvalue weighted by Gasteiger charge is -2.24. The number of aryl methyl sites for hydroxylation is 1. The van der Waals surface area contributed by atoms with Crippen molar-refractivity contribution < 1.29 is 4.74 Å². The van der Waals surface area contributed by atoms with Crippen LogP contribution in [0.5, 0.6) is 5.88 Å². The van der Waals surface area contributed by atoms with E-state index in [1.54, 1.807) is 0 Å². The molecule has 16 heavy (non-hydrogen) atoms. The predicted molar refractivity (Wildman–Crippen MR) is 62.4 cm³/mol. The monoisotopic (exact) mass is 234 g/mol. The molecule has 1 aromatic carbocycles. The van der Waals surface area contributed by atoms with Crippen molar-refractivity contribution in [3.05, 3.63) is 40.5 Å². The summed E-state index contributed by atoms with van der Waals surface area (Å²) in [5.41, 5.74) is 3.07. The van der Waals surface area contributed by atoms with Gasteiger partial charge >= 0.3 is 0 Å². The standard InChI is InChI=1S/C12H11ClN2O/c1-7-5-12-15(14-7)11-4-3-9(13)6-10(11)8(2)16-12/h3-6,8H,1-2H3. The Morgan fingerprint density at radius 1 is 1.38 bits per heavy atom. The molecule has 1 aliphatic rings. The third-order valence-corrected chi connectivity index (χ3v) is 2.99. The number of halogens is 1. The third kappa shape index (κ3) is 1.32. The second kappa shape index (κ2) is 3.25. The molecule has 4 heteroatoms. The summed E-state index contributed by atoms with van der Waals surface area (Å²) in [5.74, 6) is 0.792. The van der Waals surface area contributed by atoms with Gasteiger partial charge in [0.25, 0.3) is 0 Å². The molecule has 0 bridgehead atoms. The van der Waals surface area contributed by atoms with Crippen molar-refractivity contribution in [2.75, 3.05) is 0 Å². The van der Waals surface area contributed by atoms with Crippen molar-refractivity contribution in [2.24, 2.45) is 0 Å². The highest BCUT2D eigenvalue weighted by Gasteiger charge is 2.24. The lowest BCUT2D eigenvalue weighted by atomic mass is 10.1. The minimum Gasteiger partial charge on any atom is -0.470 e. The molecular weight excluding hydrogens is 224 g/mol. The largest absolute Gasteiger partial charge is 0.470 e. The first-order valence-corrected chi connectivity index (χ1v) is 5.56. The Labute approximate surface area is 98.6 Å². The number of aromatic nitrogens is 2. The highest BCUT2D eigenvalue weighted by Crippen LogP contribution is 2.35. The van der Waals surface area contributed by atoms with E-state index in [-0.39, 0.29) is 6.10 Å². The van der Waals surface area contributed by atoms with Gasteiger partial charge in [-0.1, -0.05) is 11.6 Å². The first-order chi connectivity index (χ1) is 7.65. The summed E-state index contributed by atoms with van der Waals surface area (Å²) in [6.07, 6.45) is 0.0114. The molecule has 0 saturated carbocycles. The molecule has 1 aromatic heterocycles. The molecule has 82 valence electrons. The van der Waals surface area contributed by atoms with Crippen LogP contribution in [-0.4, -0.2) is 9.78 Å². The van der Waals surface area contributed by atoms with Gasteiger partial charge in [-0.3, -0.25) is 0 Å². The van der Waals surface area contributed by atoms with Crippen molar-refractivity contribution in [1.82, 2.24) is 9.78 Å². The van der Waals surface area contributed by atoms with E-state index in [0.717, 1.165) is 27.8 Å². The molecule has 1 aliphatic heterocycles. The van der Waals surface area contributed by atoms with Gasteiger partial charge in [-0.2, -0.15) is 5.10 Å². The minimum atomic E-state index is 0.0114. The second-order valence-electron chi connectivity index (χ2n) is 4.00. The summed E-state index contributed by atoms with van der Waals surface area (Å²) < 4.78 is 7.60. The summed E-state index contributed by atoms with van der Waals surface area (Å²) in [7, 11) is 0. The minimum absolute atomic E-state index is 0.0114. The van der Waals surface area contributed by atoms with Gasteiger partial charge in [-0.25, -0.2) is 4.68 Å². The van der Waals surface area contributed by atoms with E-state index in [4.69, 9.17) is 16.3 Å². The smallest absolute Gasteiger partial charge is 0.217 e. The van der Waals surface area contributed by atoms with Gasteiger partial charge in [0, 0.05) is 16.7 Å². The Kier molecular flexibility index (Phi) is 1.98. The van der Waals surface area contributed by atoms with Crippen LogP contribution >= 0.6 is 11.6 Å². The fourth-order valence-corrected chi connectivity index (χ4v) is 2.20. The number of hydrogen-bond donors (Lipinski definition) is 0. The van der Waals surface area contributed by atoms with Crippen molar-refractivity contribution in [2.45, 2.75) is 20.0 Å². The van der Waals surface area contributed by atoms with Gasteiger partial charge < -0.3 is 4.74 Å². The van der Waals surface area contributed by atoms with E-state index in [1.165, 1.54) is 0 Å². The highest BCUT2D eigenvalue weighted by atomic mass is 35.5. The first-order valence-electron chi connectivity index (χ1n) is 5.18. The Morgan fingerprint density at radius 3 is 3.00 bits per heavy atom. The Morgan fingerprint density at radius 2 is 2.19 bits per heavy atom. The fraction of sp³-hybridized carbons (Fsp3) is 0.250. The van der Waals surface area contributed by atoms with E-state index < -0.39 is 0 Å². The molecule has 0 spiro atoms. The van der Waals surface area contributed by atoms with E-state index in [9.17, 15) is 0 Å². The summed E-state index contributed by atoms with van der Waals surface area (Å²) in [6, 6.07) is 7.72. The Bertz CT molecular complexity index is 562. The van der Waals surface area contributed by atoms with Crippen LogP contribution in [0.25, 0.3) is 5.69 Å². The number of benzene rings is 1. The average molecular weight is 235 g/mol. The van der Waals surface area contributed by atoms with E-state index >= 15 is 0 Å². The zero-order valence-corrected chi connectivity index (χ0v) is 9.82. The van der Waals surface area contributed by atoms with Crippen LogP contribution in [0.1, 0.15) is 24.3 Å². The van der Waals surface area contributed by atoms with Crippen LogP contribution in [0, 0.1) is 6.92 Å². The normalized spacial score (nSPS) is 17.6. The summed E-state index contributed by atoms with van der Waals surface area (Å²) >= 11 is 5.99. The second-order valence-corrected chi connectivity index (χ2v) is 4.44. The Balaban J connectivity index is 2.27. The molecule has 1 unspecified atom stereocenters. The lowest BCUT2D eigenvalue weighted by Crippen LogP contribution is -2.16. The van der Waals surface area contributed by atoms with Crippen LogP contribution in [0.2, 0.25) is 5.02 Å². The predicted octanol–water partition coefficient (Wildman–Crippen LogP) is 3.29. The van der Waals surface area contributed by atoms with Gasteiger partial charge in [-0.05, 0) is 32.0 Å². The van der Waals surface area contributed by atoms with E-state index in [2.05, 4.69) is 5.10 Å². The summed E-state index contributed by atoms with van der Waals surface area (Å²) in [5, 5.41) is 5.13. The summed E-state index contributed by atoms with van der Waals surface area (Å²) in [4.78, 5) is 0. The molecule has 0 aliphatic carbocycles. The van der Waals surface area contributed by atoms with Gasteiger partial charge in [0.15, 0.2) is 0 Å². The molecule has 0 fully saturated rings. The van der Waals surface area contributed by atoms with Gasteiger partial charge in [-0.15, -0.1) is 0 Å². The SMILES string of the molecule is Cc1cc2n(n1)-c1ccc(Cl)cc1C(C)O2. The molecule has 2 heterocycles. The van der Waals surface area contributed by atoms with Crippen LogP contribution < -0.4 is 4.74 Å². The quantitative estimate of drug-likeness (QED) is 0.700. The molecule has 3 nitrogen and oxygen atoms in total. The Hall–Kier alpha value is -1.48. The molecule has 0 radical (unpaired) electrons. The number of hydrogen-bond acceptors (Lipinski definition) is 2. The maximum atomic E-state index is 5.99. The zero-order valence-electron chi connectivity index (χ0n) is 9.07. The number of ether oxygens (including phenoxy) is 1. The zero-order chi connectivity index (χ0) is 11.3. The fourth-order valence-electron chi connectivity index (χ4n) is 2.02. The molecule has 2 aromatic rings. The molecule has 0 N–H and O–H groups in total. The molecule has 3 rings (SSSR count). The van der Waals surface area contributed by atoms with Gasteiger partial charge in [0.2, 0.25) is 5.88 Å². The van der Waals surface area contributed by atoms with Crippen LogP contribution in [-0.2, 0) is 0 Å². The number of rotatable bonds is 0. The lowest BCUT2D eigenvalue weighted by molar-refractivity contribution is 0.198. The molecular formula is C12H11ClN2O. The van der Waals surface area contributed by atoms with Crippen molar-refractivity contribution in [3.63, 3.8) is 0 Å². The highest BCUT2D eigenvalue weighted by molar-refractivity contribution is 6.30. The number of fused-ring (bicyclic) bond motifs is 3. The molecule has 0 amide bonds. The van der Waals surface area contributed by atoms with Crippen LogP contribution in [0.15, 0.2) is 24.3 Å². The third-order valence-electron chi connectivity index (χ3n) is 2.75. The molecule has 0 saturated heterocycles. The van der Waals surface area contributed by atoms with E-state index in [0.29, 0.717) is 0 Å². The van der Waals surface area contributed by atoms with Gasteiger partial charge in [0.05, 0.1) is 11.4 Å². The maximum absolute atomic E-state index is 5.99. The summed E-state index contributed by atoms with van der Waals surface area (Å²) in [6.45, 7) is 3.97. The van der Waals surface area contributed by atoms with E-state index in [1.807, 2.05) is 42.8 Å². The van der Waals surface area contributed by atoms with Gasteiger partial charge in [0.1, 0.15) is 6.10 Å². The van der Waals surface area contributed by atoms with Crippen molar-refractivity contribution in [1.29, 1.82) is 0 Å². The number of nitrogens with zero attached hydrogens (tertiary/aromatic N) is 2. The van der Waals surface area contributed by atoms with Crippen molar-refractivity contribution >= 4 is 11.6 Å². The topological polar surface area (TPSA) is 27.1 Å². The first kappa shape index (κ1) is 9.73. The van der Waals surface area contributed by atoms with Crippen LogP contribution in [0.4, 0.5) is 0 Å².